The number of piperidine rings is 2. The second-order valence-corrected chi connectivity index (χ2v) is 8.55. The van der Waals surface area contributed by atoms with Crippen LogP contribution < -0.4 is 4.72 Å². The number of hydrogen-bond acceptors (Lipinski definition) is 4. The third-order valence-electron chi connectivity index (χ3n) is 4.51. The average molecular weight is 347 g/mol. The first-order chi connectivity index (χ1) is 10.8. The molecule has 134 valence electrons. The maximum Gasteiger partial charge on any atom is 0.409 e. The summed E-state index contributed by atoms with van der Waals surface area (Å²) in [5.41, 5.74) is 0. The average Bonchev–Trinajstić information content (AvgIpc) is 2.47. The highest BCUT2D eigenvalue weighted by Crippen LogP contribution is 2.23. The Hall–Kier alpha value is -0.860. The van der Waals surface area contributed by atoms with E-state index in [0.29, 0.717) is 57.5 Å². The van der Waals surface area contributed by atoms with Gasteiger partial charge in [-0.15, -0.1) is 0 Å². The molecule has 0 saturated carbocycles. The van der Waals surface area contributed by atoms with E-state index in [0.717, 1.165) is 6.42 Å². The number of likely N-dealkylation sites (tertiary alicyclic amines) is 1. The Kier molecular flexibility index (Phi) is 6.27. The van der Waals surface area contributed by atoms with E-state index < -0.39 is 10.2 Å². The van der Waals surface area contributed by atoms with E-state index in [1.54, 1.807) is 16.1 Å². The molecule has 0 radical (unpaired) electrons. The molecule has 0 aliphatic carbocycles. The van der Waals surface area contributed by atoms with Crippen LogP contribution in [-0.2, 0) is 14.9 Å². The van der Waals surface area contributed by atoms with E-state index in [1.165, 1.54) is 0 Å². The third kappa shape index (κ3) is 5.06. The van der Waals surface area contributed by atoms with Crippen LogP contribution in [0.1, 0.15) is 40.0 Å². The predicted molar refractivity (Wildman–Crippen MR) is 88.2 cm³/mol. The first-order valence-electron chi connectivity index (χ1n) is 8.51. The van der Waals surface area contributed by atoms with Crippen LogP contribution in [0.3, 0.4) is 0 Å². The van der Waals surface area contributed by atoms with Gasteiger partial charge in [-0.3, -0.25) is 0 Å². The van der Waals surface area contributed by atoms with Crippen LogP contribution in [0.15, 0.2) is 0 Å². The topological polar surface area (TPSA) is 79.0 Å². The van der Waals surface area contributed by atoms with Crippen LogP contribution in [0.4, 0.5) is 4.79 Å². The Labute approximate surface area is 139 Å². The van der Waals surface area contributed by atoms with Crippen LogP contribution in [0.2, 0.25) is 0 Å². The largest absolute Gasteiger partial charge is 0.450 e. The number of hydrogen-bond donors (Lipinski definition) is 1. The molecule has 1 amide bonds. The summed E-state index contributed by atoms with van der Waals surface area (Å²) >= 11 is 0. The molecule has 0 spiro atoms. The van der Waals surface area contributed by atoms with Gasteiger partial charge < -0.3 is 9.64 Å². The first-order valence-corrected chi connectivity index (χ1v) is 9.95. The molecule has 2 aliphatic rings. The molecule has 8 heteroatoms. The molecule has 2 fully saturated rings. The molecule has 2 aliphatic heterocycles. The minimum Gasteiger partial charge on any atom is -0.450 e. The Morgan fingerprint density at radius 1 is 1.17 bits per heavy atom. The minimum absolute atomic E-state index is 0.113. The van der Waals surface area contributed by atoms with Crippen LogP contribution in [0.25, 0.3) is 0 Å². The molecule has 0 aromatic rings. The second-order valence-electron chi connectivity index (χ2n) is 6.85. The van der Waals surface area contributed by atoms with E-state index in [9.17, 15) is 13.2 Å². The van der Waals surface area contributed by atoms with Gasteiger partial charge in [-0.2, -0.15) is 17.4 Å². The van der Waals surface area contributed by atoms with Crippen molar-refractivity contribution in [3.8, 4) is 0 Å². The molecule has 2 rings (SSSR count). The second kappa shape index (κ2) is 7.81. The van der Waals surface area contributed by atoms with E-state index >= 15 is 0 Å². The monoisotopic (exact) mass is 347 g/mol. The number of nitrogens with one attached hydrogen (secondary N) is 1. The van der Waals surface area contributed by atoms with E-state index in [-0.39, 0.29) is 12.1 Å². The third-order valence-corrected chi connectivity index (χ3v) is 6.12. The van der Waals surface area contributed by atoms with Gasteiger partial charge in [0.2, 0.25) is 0 Å². The standard InChI is InChI=1S/C15H29N3O4S/c1-4-22-15(19)17-7-5-14(6-8-17)16-23(20,21)18-10-12(2)9-13(3)11-18/h12-14,16H,4-11H2,1-3H3/t12-,13+. The van der Waals surface area contributed by atoms with Gasteiger partial charge in [0.1, 0.15) is 0 Å². The SMILES string of the molecule is CCOC(=O)N1CCC(NS(=O)(=O)N2C[C@H](C)C[C@H](C)C2)CC1. The van der Waals surface area contributed by atoms with Gasteiger partial charge in [-0.05, 0) is 38.0 Å². The Morgan fingerprint density at radius 2 is 1.74 bits per heavy atom. The summed E-state index contributed by atoms with van der Waals surface area (Å²) in [6.07, 6.45) is 2.00. The molecule has 0 bridgehead atoms. The fraction of sp³-hybridized carbons (Fsp3) is 0.933. The van der Waals surface area contributed by atoms with Crippen LogP contribution in [-0.4, -0.2) is 62.5 Å². The van der Waals surface area contributed by atoms with Gasteiger partial charge in [0.15, 0.2) is 0 Å². The number of rotatable bonds is 4. The summed E-state index contributed by atoms with van der Waals surface area (Å²) in [5.74, 6) is 0.780. The predicted octanol–water partition coefficient (Wildman–Crippen LogP) is 1.42. The number of nitrogens with zero attached hydrogens (tertiary/aromatic N) is 2. The fourth-order valence-electron chi connectivity index (χ4n) is 3.48. The lowest BCUT2D eigenvalue weighted by Crippen LogP contribution is -2.53. The molecule has 7 nitrogen and oxygen atoms in total. The van der Waals surface area contributed by atoms with E-state index in [2.05, 4.69) is 18.6 Å². The maximum atomic E-state index is 12.6. The number of ether oxygens (including phenoxy) is 1. The van der Waals surface area contributed by atoms with Crippen LogP contribution >= 0.6 is 0 Å². The molecule has 23 heavy (non-hydrogen) atoms. The summed E-state index contributed by atoms with van der Waals surface area (Å²) in [7, 11) is -3.45. The summed E-state index contributed by atoms with van der Waals surface area (Å²) in [5, 5.41) is 0. The van der Waals surface area contributed by atoms with Crippen molar-refractivity contribution < 1.29 is 17.9 Å². The molecule has 2 atom stereocenters. The lowest BCUT2D eigenvalue weighted by atomic mass is 9.94. The van der Waals surface area contributed by atoms with Gasteiger partial charge in [-0.25, -0.2) is 4.79 Å². The lowest BCUT2D eigenvalue weighted by Gasteiger charge is -2.36. The molecule has 0 aromatic carbocycles. The van der Waals surface area contributed by atoms with Crippen molar-refractivity contribution in [1.82, 2.24) is 13.9 Å². The molecule has 0 aromatic heterocycles. The highest BCUT2D eigenvalue weighted by atomic mass is 32.2. The zero-order chi connectivity index (χ0) is 17.0. The molecule has 2 saturated heterocycles. The summed E-state index contributed by atoms with van der Waals surface area (Å²) in [4.78, 5) is 13.3. The zero-order valence-corrected chi connectivity index (χ0v) is 15.1. The van der Waals surface area contributed by atoms with Gasteiger partial charge in [0.25, 0.3) is 10.2 Å². The van der Waals surface area contributed by atoms with Crippen molar-refractivity contribution in [2.24, 2.45) is 11.8 Å². The lowest BCUT2D eigenvalue weighted by molar-refractivity contribution is 0.0963. The molecule has 0 unspecified atom stereocenters. The first kappa shape index (κ1) is 18.5. The number of carbonyl (C=O) groups is 1. The van der Waals surface area contributed by atoms with Crippen molar-refractivity contribution in [2.75, 3.05) is 32.8 Å². The van der Waals surface area contributed by atoms with E-state index in [1.807, 2.05) is 0 Å². The zero-order valence-electron chi connectivity index (χ0n) is 14.3. The van der Waals surface area contributed by atoms with Gasteiger partial charge in [-0.1, -0.05) is 13.8 Å². The summed E-state index contributed by atoms with van der Waals surface area (Å²) in [6.45, 7) is 8.54. The van der Waals surface area contributed by atoms with Gasteiger partial charge in [0.05, 0.1) is 6.61 Å². The fourth-order valence-corrected chi connectivity index (χ4v) is 5.19. The number of carbonyl (C=O) groups excluding carboxylic acids is 1. The Morgan fingerprint density at radius 3 is 2.26 bits per heavy atom. The quantitative estimate of drug-likeness (QED) is 0.834. The summed E-state index contributed by atoms with van der Waals surface area (Å²) < 4.78 is 34.5. The van der Waals surface area contributed by atoms with Gasteiger partial charge >= 0.3 is 6.09 Å². The van der Waals surface area contributed by atoms with Crippen molar-refractivity contribution in [3.05, 3.63) is 0 Å². The molecule has 1 N–H and O–H groups in total. The highest BCUT2D eigenvalue weighted by Gasteiger charge is 2.33. The molecular formula is C15H29N3O4S. The van der Waals surface area contributed by atoms with Gasteiger partial charge in [0, 0.05) is 32.2 Å². The Bertz CT molecular complexity index is 493. The highest BCUT2D eigenvalue weighted by molar-refractivity contribution is 7.87. The van der Waals surface area contributed by atoms with Crippen molar-refractivity contribution in [1.29, 1.82) is 0 Å². The molecular weight excluding hydrogens is 318 g/mol. The summed E-state index contributed by atoms with van der Waals surface area (Å²) in [6, 6.07) is -0.113. The van der Waals surface area contributed by atoms with Crippen LogP contribution in [0, 0.1) is 11.8 Å². The maximum absolute atomic E-state index is 12.6. The normalized spacial score (nSPS) is 27.9. The number of amides is 1. The van der Waals surface area contributed by atoms with Crippen LogP contribution in [0.5, 0.6) is 0 Å². The minimum atomic E-state index is -3.45. The Balaban J connectivity index is 1.86. The van der Waals surface area contributed by atoms with E-state index in [4.69, 9.17) is 4.74 Å². The van der Waals surface area contributed by atoms with Crippen molar-refractivity contribution in [2.45, 2.75) is 46.1 Å². The van der Waals surface area contributed by atoms with Crippen molar-refractivity contribution >= 4 is 16.3 Å². The molecule has 2 heterocycles. The van der Waals surface area contributed by atoms with Crippen molar-refractivity contribution in [3.63, 3.8) is 0 Å². The smallest absolute Gasteiger partial charge is 0.409 e.